The maximum absolute atomic E-state index is 9.65. The predicted molar refractivity (Wildman–Crippen MR) is 98.1 cm³/mol. The summed E-state index contributed by atoms with van der Waals surface area (Å²) in [6.45, 7) is 7.79. The smallest absolute Gasteiger partial charge is 0.550 e. The van der Waals surface area contributed by atoms with Crippen LogP contribution in [-0.2, 0) is 38.7 Å². The molecule has 0 aromatic carbocycles. The van der Waals surface area contributed by atoms with Crippen LogP contribution in [0.15, 0.2) is 0 Å². The molecule has 0 aliphatic rings. The second-order valence-electron chi connectivity index (χ2n) is 5.90. The molecule has 0 bridgehead atoms. The molecule has 0 fully saturated rings. The number of carbonyl (C=O) groups is 4. The van der Waals surface area contributed by atoms with Gasteiger partial charge in [-0.15, -0.1) is 0 Å². The summed E-state index contributed by atoms with van der Waals surface area (Å²) in [6, 6.07) is 0. The first kappa shape index (κ1) is 38.1. The van der Waals surface area contributed by atoms with E-state index in [2.05, 4.69) is 0 Å². The van der Waals surface area contributed by atoms with Gasteiger partial charge < -0.3 is 39.6 Å². The minimum absolute atomic E-state index is 0. The Hall–Kier alpha value is -1.50. The van der Waals surface area contributed by atoms with Crippen LogP contribution in [0.3, 0.4) is 0 Å². The first-order valence-corrected chi connectivity index (χ1v) is 9.88. The zero-order valence-corrected chi connectivity index (χ0v) is 19.8. The van der Waals surface area contributed by atoms with Gasteiger partial charge >= 0.3 is 19.5 Å². The molecule has 0 spiro atoms. The fourth-order valence-corrected chi connectivity index (χ4v) is 1.28. The Labute approximate surface area is 187 Å². The summed E-state index contributed by atoms with van der Waals surface area (Å²) < 4.78 is 0. The van der Waals surface area contributed by atoms with Gasteiger partial charge in [-0.05, 0) is 51.4 Å². The molecule has 0 rings (SSSR count). The van der Waals surface area contributed by atoms with Gasteiger partial charge in [0.15, 0.2) is 0 Å². The quantitative estimate of drug-likeness (QED) is 0.327. The van der Waals surface area contributed by atoms with Gasteiger partial charge in [-0.25, -0.2) is 0 Å². The Morgan fingerprint density at radius 1 is 0.448 bits per heavy atom. The van der Waals surface area contributed by atoms with E-state index in [1.54, 1.807) is 0 Å². The van der Waals surface area contributed by atoms with Gasteiger partial charge in [-0.1, -0.05) is 53.4 Å². The van der Waals surface area contributed by atoms with E-state index in [4.69, 9.17) is 0 Å². The van der Waals surface area contributed by atoms with Crippen molar-refractivity contribution < 1.29 is 59.1 Å². The fourth-order valence-electron chi connectivity index (χ4n) is 1.28. The zero-order valence-electron chi connectivity index (χ0n) is 18.1. The Kier molecular flexibility index (Phi) is 44.8. The maximum Gasteiger partial charge on any atom is 4.00 e. The molecule has 0 aliphatic carbocycles. The van der Waals surface area contributed by atoms with E-state index < -0.39 is 23.9 Å². The predicted octanol–water partition coefficient (Wildman–Crippen LogP) is -0.296. The minimum atomic E-state index is -0.943. The van der Waals surface area contributed by atoms with E-state index >= 15 is 0 Å². The van der Waals surface area contributed by atoms with Crippen LogP contribution in [0.4, 0.5) is 0 Å². The number of unbranched alkanes of at least 4 members (excludes halogenated alkanes) is 4. The van der Waals surface area contributed by atoms with Crippen molar-refractivity contribution in [3.05, 3.63) is 0 Å². The number of hydrogen-bond acceptors (Lipinski definition) is 8. The molecule has 0 atom stereocenters. The van der Waals surface area contributed by atoms with Crippen molar-refractivity contribution in [2.24, 2.45) is 0 Å². The number of carboxylic acids is 4. The molecule has 0 aliphatic heterocycles. The van der Waals surface area contributed by atoms with Crippen LogP contribution in [0.1, 0.15) is 105 Å². The van der Waals surface area contributed by atoms with Crippen LogP contribution in [-0.4, -0.2) is 23.9 Å². The third-order valence-corrected chi connectivity index (χ3v) is 2.94. The van der Waals surface area contributed by atoms with Gasteiger partial charge in [0, 0.05) is 23.9 Å². The molecule has 0 aromatic rings. The Morgan fingerprint density at radius 3 is 0.621 bits per heavy atom. The summed E-state index contributed by atoms with van der Waals surface area (Å²) >= 11 is 0. The van der Waals surface area contributed by atoms with Gasteiger partial charge in [0.1, 0.15) is 0 Å². The number of aliphatic carboxylic acids is 4. The largest absolute Gasteiger partial charge is 4.00 e. The average Bonchev–Trinajstić information content (AvgIpc) is 2.62. The zero-order chi connectivity index (χ0) is 22.8. The van der Waals surface area contributed by atoms with Gasteiger partial charge in [-0.3, -0.25) is 0 Å². The monoisotopic (exact) mass is 506 g/mol. The van der Waals surface area contributed by atoms with E-state index in [1.807, 2.05) is 27.7 Å². The van der Waals surface area contributed by atoms with Crippen LogP contribution in [0.2, 0.25) is 0 Å². The number of rotatable bonds is 12. The number of carbonyl (C=O) groups excluding carboxylic acids is 4. The summed E-state index contributed by atoms with van der Waals surface area (Å²) in [5.74, 6) is -3.77. The first-order chi connectivity index (χ1) is 13.1. The van der Waals surface area contributed by atoms with Crippen molar-refractivity contribution in [2.45, 2.75) is 105 Å². The molecule has 0 saturated heterocycles. The number of carboxylic acid groups (broad SMARTS) is 4. The average molecular weight is 506 g/mol. The summed E-state index contributed by atoms with van der Waals surface area (Å²) in [5, 5.41) is 38.6. The molecule has 9 heteroatoms. The van der Waals surface area contributed by atoms with Crippen molar-refractivity contribution in [3.63, 3.8) is 0 Å². The second-order valence-corrected chi connectivity index (χ2v) is 5.90. The van der Waals surface area contributed by atoms with Crippen molar-refractivity contribution in [2.75, 3.05) is 0 Å². The maximum atomic E-state index is 9.65. The molecule has 0 N–H and O–H groups in total. The molecule has 172 valence electrons. The van der Waals surface area contributed by atoms with Crippen LogP contribution < -0.4 is 20.4 Å². The Balaban J connectivity index is -0.0000000873. The van der Waals surface area contributed by atoms with Gasteiger partial charge in [-0.2, -0.15) is 0 Å². The first-order valence-electron chi connectivity index (χ1n) is 9.88. The van der Waals surface area contributed by atoms with Gasteiger partial charge in [0.2, 0.25) is 0 Å². The molecular formula is C20H36O8Ru. The van der Waals surface area contributed by atoms with E-state index in [0.29, 0.717) is 0 Å². The van der Waals surface area contributed by atoms with Crippen molar-refractivity contribution in [1.82, 2.24) is 0 Å². The molecule has 0 unspecified atom stereocenters. The molecule has 29 heavy (non-hydrogen) atoms. The molecule has 0 heterocycles. The fraction of sp³-hybridized carbons (Fsp3) is 0.800. The van der Waals surface area contributed by atoms with E-state index in [0.717, 1.165) is 51.4 Å². The molecule has 8 nitrogen and oxygen atoms in total. The topological polar surface area (TPSA) is 161 Å². The van der Waals surface area contributed by atoms with Crippen molar-refractivity contribution in [1.29, 1.82) is 0 Å². The summed E-state index contributed by atoms with van der Waals surface area (Å²) in [5.41, 5.74) is 0. The number of hydrogen-bond donors (Lipinski definition) is 0. The van der Waals surface area contributed by atoms with E-state index in [-0.39, 0.29) is 45.2 Å². The van der Waals surface area contributed by atoms with Gasteiger partial charge in [0.05, 0.1) is 0 Å². The van der Waals surface area contributed by atoms with Crippen LogP contribution in [0.25, 0.3) is 0 Å². The third kappa shape index (κ3) is 75.7. The van der Waals surface area contributed by atoms with Crippen LogP contribution >= 0.6 is 0 Å². The molecule has 0 radical (unpaired) electrons. The molecule has 0 amide bonds. The molecule has 0 aromatic heterocycles. The standard InChI is InChI=1S/4C5H10O2.Ru/c4*1-2-3-4-5(6)7;/h4*2-4H2,1H3,(H,6,7);/q;;;;+4/p-4. The van der Waals surface area contributed by atoms with Crippen LogP contribution in [0.5, 0.6) is 0 Å². The van der Waals surface area contributed by atoms with E-state index in [9.17, 15) is 39.6 Å². The SMILES string of the molecule is CCCCC(=O)[O-].CCCCC(=O)[O-].CCCCC(=O)[O-].CCCCC(=O)[O-].[Ru+4]. The van der Waals surface area contributed by atoms with E-state index in [1.165, 1.54) is 0 Å². The minimum Gasteiger partial charge on any atom is -0.550 e. The molecule has 0 saturated carbocycles. The van der Waals surface area contributed by atoms with Crippen LogP contribution in [0, 0.1) is 0 Å². The third-order valence-electron chi connectivity index (χ3n) is 2.94. The van der Waals surface area contributed by atoms with Crippen molar-refractivity contribution >= 4 is 23.9 Å². The summed E-state index contributed by atoms with van der Waals surface area (Å²) in [7, 11) is 0. The Morgan fingerprint density at radius 2 is 0.586 bits per heavy atom. The molecular weight excluding hydrogens is 469 g/mol. The summed E-state index contributed by atoms with van der Waals surface area (Å²) in [4.78, 5) is 38.6. The second kappa shape index (κ2) is 34.0. The normalized spacial score (nSPS) is 8.41. The van der Waals surface area contributed by atoms with Gasteiger partial charge in [0.25, 0.3) is 0 Å². The van der Waals surface area contributed by atoms with Crippen molar-refractivity contribution in [3.8, 4) is 0 Å². The summed E-state index contributed by atoms with van der Waals surface area (Å²) in [6.07, 6.45) is 7.47. The Bertz CT molecular complexity index is 315.